The summed E-state index contributed by atoms with van der Waals surface area (Å²) in [7, 11) is -2.82. The predicted molar refractivity (Wildman–Crippen MR) is 141 cm³/mol. The Bertz CT molecular complexity index is 1280. The maximum absolute atomic E-state index is 12.6. The summed E-state index contributed by atoms with van der Waals surface area (Å²) < 4.78 is 39.1. The molecule has 1 unspecified atom stereocenters. The Morgan fingerprint density at radius 3 is 2.50 bits per heavy atom. The maximum Gasteiger partial charge on any atom is 0.394 e. The van der Waals surface area contributed by atoms with Gasteiger partial charge in [-0.2, -0.15) is 8.42 Å². The summed E-state index contributed by atoms with van der Waals surface area (Å²) in [6.07, 6.45) is 1.59. The Kier molecular flexibility index (Phi) is 8.60. The number of carbonyl (C=O) groups excluding carboxylic acids is 1. The van der Waals surface area contributed by atoms with Crippen LogP contribution in [-0.4, -0.2) is 85.8 Å². The van der Waals surface area contributed by atoms with Gasteiger partial charge in [-0.05, 0) is 41.6 Å². The highest BCUT2D eigenvalue weighted by Crippen LogP contribution is 2.31. The van der Waals surface area contributed by atoms with E-state index in [9.17, 15) is 4.79 Å². The van der Waals surface area contributed by atoms with Crippen molar-refractivity contribution in [2.45, 2.75) is 19.1 Å². The topological polar surface area (TPSA) is 111 Å². The van der Waals surface area contributed by atoms with E-state index in [1.165, 1.54) is 15.8 Å². The molecule has 194 valence electrons. The molecule has 3 aromatic rings. The Labute approximate surface area is 215 Å². The summed E-state index contributed by atoms with van der Waals surface area (Å²) >= 11 is 1.81. The lowest BCUT2D eigenvalue weighted by Gasteiger charge is -2.37. The first-order chi connectivity index (χ1) is 17.2. The second-order valence-corrected chi connectivity index (χ2v) is 10.7. The highest BCUT2D eigenvalue weighted by molar-refractivity contribution is 7.79. The minimum atomic E-state index is -4.67. The van der Waals surface area contributed by atoms with Crippen molar-refractivity contribution in [2.75, 3.05) is 51.3 Å². The lowest BCUT2D eigenvalue weighted by molar-refractivity contribution is -0.0414. The van der Waals surface area contributed by atoms with E-state index in [1.807, 2.05) is 42.6 Å². The first-order valence-electron chi connectivity index (χ1n) is 11.8. The monoisotopic (exact) mass is 533 g/mol. The van der Waals surface area contributed by atoms with Crippen molar-refractivity contribution in [3.63, 3.8) is 0 Å². The van der Waals surface area contributed by atoms with Crippen LogP contribution in [0.15, 0.2) is 53.9 Å². The van der Waals surface area contributed by atoms with Crippen molar-refractivity contribution >= 4 is 43.4 Å². The van der Waals surface area contributed by atoms with Crippen LogP contribution in [0.25, 0.3) is 10.1 Å². The smallest absolute Gasteiger partial charge is 0.368 e. The molecule has 0 spiro atoms. The van der Waals surface area contributed by atoms with Crippen molar-refractivity contribution in [3.8, 4) is 0 Å². The fourth-order valence-electron chi connectivity index (χ4n) is 4.70. The number of piperazine rings is 1. The molecule has 0 radical (unpaired) electrons. The first kappa shape index (κ1) is 26.5. The number of amides is 1. The molecule has 0 aliphatic carbocycles. The number of hydrogen-bond donors (Lipinski definition) is 2. The molecule has 3 heterocycles. The molecule has 2 aliphatic heterocycles. The van der Waals surface area contributed by atoms with E-state index in [0.717, 1.165) is 56.7 Å². The van der Waals surface area contributed by atoms with Gasteiger partial charge in [0.1, 0.15) is 6.23 Å². The summed E-state index contributed by atoms with van der Waals surface area (Å²) in [5.74, 6) is 0.0589. The van der Waals surface area contributed by atoms with Crippen molar-refractivity contribution in [1.29, 1.82) is 0 Å². The number of carbonyl (C=O) groups is 1. The van der Waals surface area contributed by atoms with Crippen molar-refractivity contribution in [2.24, 2.45) is 0 Å². The molecule has 2 aliphatic rings. The Hall–Kier alpha value is -2.54. The van der Waals surface area contributed by atoms with Gasteiger partial charge in [0.05, 0.1) is 6.61 Å². The second-order valence-electron chi connectivity index (χ2n) is 8.84. The van der Waals surface area contributed by atoms with E-state index in [2.05, 4.69) is 39.4 Å². The van der Waals surface area contributed by atoms with E-state index in [1.54, 1.807) is 4.90 Å². The van der Waals surface area contributed by atoms with Crippen LogP contribution in [0.5, 0.6) is 0 Å². The van der Waals surface area contributed by atoms with Crippen molar-refractivity contribution in [3.05, 3.63) is 65.0 Å². The summed E-state index contributed by atoms with van der Waals surface area (Å²) in [6.45, 7) is 6.00. The van der Waals surface area contributed by atoms with Gasteiger partial charge < -0.3 is 14.5 Å². The van der Waals surface area contributed by atoms with Gasteiger partial charge in [0.25, 0.3) is 5.91 Å². The average Bonchev–Trinajstić information content (AvgIpc) is 3.33. The largest absolute Gasteiger partial charge is 0.394 e. The number of benzene rings is 2. The zero-order valence-corrected chi connectivity index (χ0v) is 21.7. The fourth-order valence-corrected chi connectivity index (χ4v) is 5.50. The molecular weight excluding hydrogens is 502 g/mol. The first-order valence-corrected chi connectivity index (χ1v) is 14.1. The molecule has 2 N–H and O–H groups in total. The van der Waals surface area contributed by atoms with Gasteiger partial charge in [0.15, 0.2) is 0 Å². The quantitative estimate of drug-likeness (QED) is 0.366. The minimum Gasteiger partial charge on any atom is -0.368 e. The van der Waals surface area contributed by atoms with Gasteiger partial charge >= 0.3 is 10.4 Å². The number of likely N-dealkylation sites (N-methyl/N-ethyl adjacent to an activating group) is 1. The van der Waals surface area contributed by atoms with Crippen LogP contribution in [0, 0.1) is 0 Å². The van der Waals surface area contributed by atoms with Crippen molar-refractivity contribution in [1.82, 2.24) is 9.80 Å². The molecule has 1 amide bonds. The maximum atomic E-state index is 12.6. The van der Waals surface area contributed by atoms with Crippen LogP contribution < -0.4 is 4.90 Å². The van der Waals surface area contributed by atoms with Crippen LogP contribution >= 0.6 is 11.3 Å². The van der Waals surface area contributed by atoms with E-state index in [0.29, 0.717) is 6.61 Å². The Morgan fingerprint density at radius 2 is 1.75 bits per heavy atom. The molecule has 0 bridgehead atoms. The molecule has 0 saturated carbocycles. The predicted octanol–water partition coefficient (Wildman–Crippen LogP) is 3.43. The van der Waals surface area contributed by atoms with Gasteiger partial charge in [-0.3, -0.25) is 18.8 Å². The fraction of sp³-hybridized carbons (Fsp3) is 0.400. The molecule has 2 aromatic carbocycles. The molecule has 36 heavy (non-hydrogen) atoms. The van der Waals surface area contributed by atoms with Crippen LogP contribution in [-0.2, 0) is 21.6 Å². The van der Waals surface area contributed by atoms with E-state index >= 15 is 0 Å². The second kappa shape index (κ2) is 11.7. The molecule has 5 rings (SSSR count). The number of ether oxygens (including phenoxy) is 1. The van der Waals surface area contributed by atoms with Gasteiger partial charge in [-0.15, -0.1) is 11.3 Å². The van der Waals surface area contributed by atoms with Crippen LogP contribution in [0.3, 0.4) is 0 Å². The molecule has 9 nitrogen and oxygen atoms in total. The zero-order valence-electron chi connectivity index (χ0n) is 20.1. The van der Waals surface area contributed by atoms with E-state index in [-0.39, 0.29) is 12.1 Å². The Morgan fingerprint density at radius 1 is 1.03 bits per heavy atom. The number of nitrogens with zero attached hydrogens (tertiary/aromatic N) is 3. The lowest BCUT2D eigenvalue weighted by atomic mass is 9.98. The van der Waals surface area contributed by atoms with Crippen LogP contribution in [0.1, 0.15) is 22.3 Å². The van der Waals surface area contributed by atoms with Crippen LogP contribution in [0.4, 0.5) is 5.69 Å². The summed E-state index contributed by atoms with van der Waals surface area (Å²) in [4.78, 5) is 19.3. The van der Waals surface area contributed by atoms with Gasteiger partial charge in [-0.1, -0.05) is 24.3 Å². The standard InChI is InChI=1S/C25H29N3O2S.H2O4S/c1-26-24(18-19-6-2-3-7-20(19)25(26)29)30-16-5-11-27-12-14-28(15-13-27)22-8-4-9-23-21(22)10-17-31-23;1-5(2,3)4/h2-4,6-10,17,24H,5,11-16,18H2,1H3;(H2,1,2,3,4). The molecule has 1 fully saturated rings. The Balaban J connectivity index is 0.000000556. The van der Waals surface area contributed by atoms with Gasteiger partial charge in [-0.25, -0.2) is 0 Å². The number of hydrogen-bond acceptors (Lipinski definition) is 7. The number of anilines is 1. The van der Waals surface area contributed by atoms with Gasteiger partial charge in [0, 0.05) is 67.5 Å². The SMILES string of the molecule is CN1C(=O)c2ccccc2CC1OCCCN1CCN(c2cccc3sccc23)CC1.O=S(=O)(O)O. The molecular formula is C25H31N3O6S2. The highest BCUT2D eigenvalue weighted by Gasteiger charge is 2.29. The zero-order chi connectivity index (χ0) is 25.7. The molecule has 1 aromatic heterocycles. The number of rotatable bonds is 6. The number of fused-ring (bicyclic) bond motifs is 2. The molecule has 1 atom stereocenters. The third-order valence-corrected chi connectivity index (χ3v) is 7.39. The molecule has 1 saturated heterocycles. The summed E-state index contributed by atoms with van der Waals surface area (Å²) in [5, 5.41) is 3.56. The van der Waals surface area contributed by atoms with Crippen LogP contribution in [0.2, 0.25) is 0 Å². The van der Waals surface area contributed by atoms with E-state index in [4.69, 9.17) is 22.3 Å². The third kappa shape index (κ3) is 6.81. The average molecular weight is 534 g/mol. The summed E-state index contributed by atoms with van der Waals surface area (Å²) in [5.41, 5.74) is 3.26. The van der Waals surface area contributed by atoms with E-state index < -0.39 is 10.4 Å². The lowest BCUT2D eigenvalue weighted by Crippen LogP contribution is -2.47. The highest BCUT2D eigenvalue weighted by atomic mass is 32.3. The van der Waals surface area contributed by atoms with Crippen molar-refractivity contribution < 1.29 is 27.1 Å². The normalized spacial score (nSPS) is 18.6. The third-order valence-electron chi connectivity index (χ3n) is 6.51. The van der Waals surface area contributed by atoms with Gasteiger partial charge in [0.2, 0.25) is 0 Å². The minimum absolute atomic E-state index is 0.0589. The number of thiophene rings is 1. The molecule has 11 heteroatoms. The summed E-state index contributed by atoms with van der Waals surface area (Å²) in [6, 6.07) is 16.7.